The molecular formula is C9H12O4. The molecule has 13 heavy (non-hydrogen) atoms. The van der Waals surface area contributed by atoms with Gasteiger partial charge in [-0.1, -0.05) is 6.08 Å². The van der Waals surface area contributed by atoms with Crippen LogP contribution in [0.4, 0.5) is 0 Å². The predicted molar refractivity (Wildman–Crippen MR) is 44.0 cm³/mol. The minimum absolute atomic E-state index is 0.0570. The van der Waals surface area contributed by atoms with Crippen LogP contribution in [0.15, 0.2) is 12.2 Å². The summed E-state index contributed by atoms with van der Waals surface area (Å²) in [6, 6.07) is 0. The maximum Gasteiger partial charge on any atom is 0.178 e. The van der Waals surface area contributed by atoms with Crippen LogP contribution < -0.4 is 0 Å². The van der Waals surface area contributed by atoms with Crippen molar-refractivity contribution < 1.29 is 19.4 Å². The van der Waals surface area contributed by atoms with Gasteiger partial charge >= 0.3 is 0 Å². The van der Waals surface area contributed by atoms with E-state index in [0.717, 1.165) is 0 Å². The van der Waals surface area contributed by atoms with E-state index in [0.29, 0.717) is 19.6 Å². The van der Waals surface area contributed by atoms with Gasteiger partial charge in [0.25, 0.3) is 0 Å². The van der Waals surface area contributed by atoms with Gasteiger partial charge in [0.05, 0.1) is 25.7 Å². The van der Waals surface area contributed by atoms with E-state index in [9.17, 15) is 9.90 Å². The summed E-state index contributed by atoms with van der Waals surface area (Å²) >= 11 is 0. The predicted octanol–water partition coefficient (Wildman–Crippen LogP) is 0.00950. The topological polar surface area (TPSA) is 55.8 Å². The van der Waals surface area contributed by atoms with Gasteiger partial charge in [-0.15, -0.1) is 0 Å². The van der Waals surface area contributed by atoms with Crippen LogP contribution in [0.25, 0.3) is 0 Å². The summed E-state index contributed by atoms with van der Waals surface area (Å²) in [5.74, 6) is -0.918. The zero-order valence-electron chi connectivity index (χ0n) is 7.23. The van der Waals surface area contributed by atoms with Crippen molar-refractivity contribution >= 4 is 5.78 Å². The molecule has 1 atom stereocenters. The van der Waals surface area contributed by atoms with E-state index in [2.05, 4.69) is 0 Å². The molecule has 4 nitrogen and oxygen atoms in total. The lowest BCUT2D eigenvalue weighted by atomic mass is 10.1. The Bertz CT molecular complexity index is 240. The molecule has 1 heterocycles. The summed E-state index contributed by atoms with van der Waals surface area (Å²) in [5, 5.41) is 9.43. The third-order valence-electron chi connectivity index (χ3n) is 2.28. The second-order valence-electron chi connectivity index (χ2n) is 3.38. The molecule has 1 saturated heterocycles. The maximum atomic E-state index is 11.2. The molecule has 0 aromatic rings. The molecule has 0 bridgehead atoms. The largest absolute Gasteiger partial charge is 0.389 e. The standard InChI is InChI=1S/C9H12O4/c10-7-1-2-8(11)6-9(5-7)12-3-4-13-9/h1-2,7,10H,3-6H2/t7-/m1/s1. The van der Waals surface area contributed by atoms with E-state index in [1.165, 1.54) is 12.2 Å². The Morgan fingerprint density at radius 2 is 2.15 bits per heavy atom. The molecule has 4 heteroatoms. The fraction of sp³-hybridized carbons (Fsp3) is 0.667. The van der Waals surface area contributed by atoms with Crippen LogP contribution in [0, 0.1) is 0 Å². The minimum atomic E-state index is -0.861. The van der Waals surface area contributed by atoms with E-state index in [1.807, 2.05) is 0 Å². The van der Waals surface area contributed by atoms with E-state index in [1.54, 1.807) is 0 Å². The number of carbonyl (C=O) groups is 1. The zero-order valence-corrected chi connectivity index (χ0v) is 7.23. The summed E-state index contributed by atoms with van der Waals surface area (Å²) < 4.78 is 10.7. The molecule has 0 aromatic carbocycles. The van der Waals surface area contributed by atoms with E-state index in [-0.39, 0.29) is 12.2 Å². The van der Waals surface area contributed by atoms with Crippen LogP contribution in [0.5, 0.6) is 0 Å². The summed E-state index contributed by atoms with van der Waals surface area (Å²) in [7, 11) is 0. The molecule has 2 rings (SSSR count). The molecule has 1 aliphatic carbocycles. The smallest absolute Gasteiger partial charge is 0.178 e. The third-order valence-corrected chi connectivity index (χ3v) is 2.28. The van der Waals surface area contributed by atoms with Gasteiger partial charge in [0.1, 0.15) is 0 Å². The molecule has 1 fully saturated rings. The molecule has 1 spiro atoms. The Morgan fingerprint density at radius 1 is 1.46 bits per heavy atom. The third kappa shape index (κ3) is 1.80. The maximum absolute atomic E-state index is 11.2. The first kappa shape index (κ1) is 8.87. The van der Waals surface area contributed by atoms with Crippen LogP contribution in [0.1, 0.15) is 12.8 Å². The number of ether oxygens (including phenoxy) is 2. The number of ketones is 1. The highest BCUT2D eigenvalue weighted by Gasteiger charge is 2.40. The number of aliphatic hydroxyl groups is 1. The fourth-order valence-corrected chi connectivity index (χ4v) is 1.72. The van der Waals surface area contributed by atoms with Crippen molar-refractivity contribution in [1.29, 1.82) is 0 Å². The van der Waals surface area contributed by atoms with Gasteiger partial charge in [-0.2, -0.15) is 0 Å². The highest BCUT2D eigenvalue weighted by Crippen LogP contribution is 2.31. The van der Waals surface area contributed by atoms with Crippen molar-refractivity contribution in [3.05, 3.63) is 12.2 Å². The van der Waals surface area contributed by atoms with Crippen LogP contribution in [-0.4, -0.2) is 36.0 Å². The summed E-state index contributed by atoms with van der Waals surface area (Å²) in [6.07, 6.45) is 2.78. The zero-order chi connectivity index (χ0) is 9.31. The van der Waals surface area contributed by atoms with Gasteiger partial charge in [0.2, 0.25) is 0 Å². The molecule has 2 aliphatic rings. The minimum Gasteiger partial charge on any atom is -0.389 e. The Morgan fingerprint density at radius 3 is 2.85 bits per heavy atom. The SMILES string of the molecule is O=C1C=C[C@@H](O)CC2(C1)OCCO2. The number of hydrogen-bond donors (Lipinski definition) is 1. The van der Waals surface area contributed by atoms with Crippen molar-refractivity contribution in [2.45, 2.75) is 24.7 Å². The molecule has 0 radical (unpaired) electrons. The van der Waals surface area contributed by atoms with Gasteiger partial charge in [0.15, 0.2) is 11.6 Å². The van der Waals surface area contributed by atoms with E-state index >= 15 is 0 Å². The number of allylic oxidation sites excluding steroid dienone is 1. The molecule has 0 amide bonds. The van der Waals surface area contributed by atoms with E-state index < -0.39 is 11.9 Å². The quantitative estimate of drug-likeness (QED) is 0.576. The van der Waals surface area contributed by atoms with Gasteiger partial charge < -0.3 is 14.6 Å². The summed E-state index contributed by atoms with van der Waals surface area (Å²) in [4.78, 5) is 11.2. The molecule has 1 aliphatic heterocycles. The average molecular weight is 184 g/mol. The number of aliphatic hydroxyl groups excluding tert-OH is 1. The highest BCUT2D eigenvalue weighted by molar-refractivity contribution is 5.90. The first-order valence-electron chi connectivity index (χ1n) is 4.37. The lowest BCUT2D eigenvalue weighted by molar-refractivity contribution is -0.177. The molecule has 0 aromatic heterocycles. The first-order chi connectivity index (χ1) is 6.20. The number of rotatable bonds is 0. The lowest BCUT2D eigenvalue weighted by Gasteiger charge is -2.26. The Labute approximate surface area is 76.1 Å². The van der Waals surface area contributed by atoms with Gasteiger partial charge in [-0.05, 0) is 6.08 Å². The van der Waals surface area contributed by atoms with Crippen molar-refractivity contribution in [2.75, 3.05) is 13.2 Å². The molecule has 1 N–H and O–H groups in total. The molecule has 0 saturated carbocycles. The van der Waals surface area contributed by atoms with Crippen molar-refractivity contribution in [1.82, 2.24) is 0 Å². The average Bonchev–Trinajstić information content (AvgIpc) is 2.43. The van der Waals surface area contributed by atoms with Crippen molar-refractivity contribution in [3.8, 4) is 0 Å². The van der Waals surface area contributed by atoms with E-state index in [4.69, 9.17) is 9.47 Å². The fourth-order valence-electron chi connectivity index (χ4n) is 1.72. The van der Waals surface area contributed by atoms with Gasteiger partial charge in [-0.3, -0.25) is 4.79 Å². The van der Waals surface area contributed by atoms with Crippen molar-refractivity contribution in [2.24, 2.45) is 0 Å². The van der Waals surface area contributed by atoms with Gasteiger partial charge in [-0.25, -0.2) is 0 Å². The normalized spacial score (nSPS) is 32.4. The second-order valence-corrected chi connectivity index (χ2v) is 3.38. The lowest BCUT2D eigenvalue weighted by Crippen LogP contribution is -2.34. The number of carbonyl (C=O) groups excluding carboxylic acids is 1. The summed E-state index contributed by atoms with van der Waals surface area (Å²) in [5.41, 5.74) is 0. The Balaban J connectivity index is 2.16. The number of hydrogen-bond acceptors (Lipinski definition) is 4. The van der Waals surface area contributed by atoms with Gasteiger partial charge in [0, 0.05) is 6.42 Å². The van der Waals surface area contributed by atoms with Crippen molar-refractivity contribution in [3.63, 3.8) is 0 Å². The Kier molecular flexibility index (Phi) is 2.19. The summed E-state index contributed by atoms with van der Waals surface area (Å²) in [6.45, 7) is 1.00. The highest BCUT2D eigenvalue weighted by atomic mass is 16.7. The molecular weight excluding hydrogens is 172 g/mol. The molecule has 72 valence electrons. The van der Waals surface area contributed by atoms with Crippen LogP contribution in [0.2, 0.25) is 0 Å². The van der Waals surface area contributed by atoms with Crippen LogP contribution in [-0.2, 0) is 14.3 Å². The monoisotopic (exact) mass is 184 g/mol. The van der Waals surface area contributed by atoms with Crippen LogP contribution >= 0.6 is 0 Å². The second kappa shape index (κ2) is 3.21. The first-order valence-corrected chi connectivity index (χ1v) is 4.37. The Hall–Kier alpha value is -0.710. The molecule has 0 unspecified atom stereocenters. The van der Waals surface area contributed by atoms with Crippen LogP contribution in [0.3, 0.4) is 0 Å².